The van der Waals surface area contributed by atoms with Crippen LogP contribution >= 0.6 is 11.6 Å². The zero-order chi connectivity index (χ0) is 32.5. The van der Waals surface area contributed by atoms with Crippen LogP contribution in [-0.4, -0.2) is 89.3 Å². The molecule has 5 rings (SSSR count). The summed E-state index contributed by atoms with van der Waals surface area (Å²) in [7, 11) is 1.67. The maximum Gasteiger partial charge on any atom is 0.245 e. The van der Waals surface area contributed by atoms with Gasteiger partial charge < -0.3 is 20.4 Å². The van der Waals surface area contributed by atoms with Crippen molar-refractivity contribution in [2.45, 2.75) is 64.4 Å². The molecule has 3 aromatic carbocycles. The van der Waals surface area contributed by atoms with Crippen LogP contribution in [0.5, 0.6) is 0 Å². The Balaban J connectivity index is 1.54. The first-order valence-corrected chi connectivity index (χ1v) is 15.8. The van der Waals surface area contributed by atoms with E-state index in [1.165, 1.54) is 0 Å². The van der Waals surface area contributed by atoms with Gasteiger partial charge in [0, 0.05) is 23.4 Å². The summed E-state index contributed by atoms with van der Waals surface area (Å²) in [6, 6.07) is 20.3. The van der Waals surface area contributed by atoms with Crippen molar-refractivity contribution in [2.24, 2.45) is 5.41 Å². The highest BCUT2D eigenvalue weighted by atomic mass is 35.5. The minimum Gasteiger partial charge on any atom is -0.337 e. The van der Waals surface area contributed by atoms with Crippen LogP contribution in [0.2, 0.25) is 5.02 Å². The molecule has 2 saturated heterocycles. The standard InChI is InChI=1S/C35H42ClN5O4/c1-23(37-5)32(44)38-35(22-42,34(2,3)4)40-21-31(43)41-29(19-25-13-14-26-10-6-7-11-27(26)17-25)33(45)39(20-30(40)41)16-15-24-9-8-12-28(36)18-24/h6-14,17-18,22-23,29-30,37H,15-16,19-21H2,1-5H3,(H,38,44)/t23-,29-,30+,35-/m0/s1. The van der Waals surface area contributed by atoms with Crippen LogP contribution < -0.4 is 10.6 Å². The number of fused-ring (bicyclic) bond motifs is 2. The van der Waals surface area contributed by atoms with Gasteiger partial charge in [0.1, 0.15) is 12.2 Å². The van der Waals surface area contributed by atoms with E-state index in [4.69, 9.17) is 11.6 Å². The molecule has 2 aliphatic rings. The Morgan fingerprint density at radius 1 is 1.02 bits per heavy atom. The molecule has 0 aliphatic carbocycles. The smallest absolute Gasteiger partial charge is 0.245 e. The summed E-state index contributed by atoms with van der Waals surface area (Å²) in [6.07, 6.45) is 1.01. The van der Waals surface area contributed by atoms with Gasteiger partial charge in [0.25, 0.3) is 0 Å². The normalized spacial score (nSPS) is 21.0. The average molecular weight is 632 g/mol. The van der Waals surface area contributed by atoms with Gasteiger partial charge in [-0.1, -0.05) is 87.0 Å². The number of hydrogen-bond acceptors (Lipinski definition) is 6. The van der Waals surface area contributed by atoms with E-state index in [2.05, 4.69) is 16.7 Å². The highest BCUT2D eigenvalue weighted by molar-refractivity contribution is 6.30. The van der Waals surface area contributed by atoms with Crippen LogP contribution in [0.4, 0.5) is 0 Å². The number of rotatable bonds is 10. The zero-order valence-corrected chi connectivity index (χ0v) is 27.3. The van der Waals surface area contributed by atoms with Gasteiger partial charge in [0.2, 0.25) is 17.7 Å². The van der Waals surface area contributed by atoms with Crippen LogP contribution in [-0.2, 0) is 32.0 Å². The Labute approximate surface area is 269 Å². The third-order valence-corrected chi connectivity index (χ3v) is 9.54. The van der Waals surface area contributed by atoms with Crippen molar-refractivity contribution >= 4 is 46.4 Å². The van der Waals surface area contributed by atoms with E-state index in [0.29, 0.717) is 24.4 Å². The lowest BCUT2D eigenvalue weighted by atomic mass is 9.79. The van der Waals surface area contributed by atoms with Crippen molar-refractivity contribution in [2.75, 3.05) is 26.7 Å². The first-order valence-electron chi connectivity index (χ1n) is 15.4. The second-order valence-electron chi connectivity index (χ2n) is 13.1. The van der Waals surface area contributed by atoms with Crippen LogP contribution in [0.15, 0.2) is 66.7 Å². The molecular weight excluding hydrogens is 590 g/mol. The van der Waals surface area contributed by atoms with Gasteiger partial charge in [0.15, 0.2) is 11.9 Å². The summed E-state index contributed by atoms with van der Waals surface area (Å²) in [5.74, 6) is -0.750. The quantitative estimate of drug-likeness (QED) is 0.332. The molecule has 238 valence electrons. The maximum atomic E-state index is 14.2. The van der Waals surface area contributed by atoms with Crippen molar-refractivity contribution < 1.29 is 19.2 Å². The summed E-state index contributed by atoms with van der Waals surface area (Å²) in [4.78, 5) is 59.8. The fraction of sp³-hybridized carbons (Fsp3) is 0.429. The number of carbonyl (C=O) groups excluding carboxylic acids is 4. The fourth-order valence-electron chi connectivity index (χ4n) is 6.52. The van der Waals surface area contributed by atoms with E-state index in [1.807, 2.05) is 81.4 Å². The molecule has 3 aromatic rings. The topological polar surface area (TPSA) is 102 Å². The zero-order valence-electron chi connectivity index (χ0n) is 26.5. The summed E-state index contributed by atoms with van der Waals surface area (Å²) >= 11 is 6.24. The number of carbonyl (C=O) groups is 4. The van der Waals surface area contributed by atoms with Crippen LogP contribution in [0.1, 0.15) is 38.8 Å². The highest BCUT2D eigenvalue weighted by Gasteiger charge is 2.59. The second kappa shape index (κ2) is 12.9. The van der Waals surface area contributed by atoms with Gasteiger partial charge in [-0.15, -0.1) is 0 Å². The molecule has 2 aliphatic heterocycles. The van der Waals surface area contributed by atoms with Crippen LogP contribution in [0.3, 0.4) is 0 Å². The van der Waals surface area contributed by atoms with Gasteiger partial charge in [-0.25, -0.2) is 4.90 Å². The van der Waals surface area contributed by atoms with Crippen molar-refractivity contribution in [1.82, 2.24) is 25.3 Å². The molecule has 0 unspecified atom stereocenters. The summed E-state index contributed by atoms with van der Waals surface area (Å²) in [6.45, 7) is 7.82. The first-order chi connectivity index (χ1) is 21.4. The number of hydrogen-bond donors (Lipinski definition) is 2. The van der Waals surface area contributed by atoms with Crippen molar-refractivity contribution in [3.05, 3.63) is 82.9 Å². The van der Waals surface area contributed by atoms with E-state index in [-0.39, 0.29) is 30.8 Å². The molecule has 10 heteroatoms. The van der Waals surface area contributed by atoms with Crippen molar-refractivity contribution in [3.8, 4) is 0 Å². The molecule has 0 saturated carbocycles. The molecule has 0 spiro atoms. The molecule has 9 nitrogen and oxygen atoms in total. The monoisotopic (exact) mass is 631 g/mol. The predicted octanol–water partition coefficient (Wildman–Crippen LogP) is 3.62. The SMILES string of the molecule is CN[C@@H](C)C(=O)N[C@@](C=O)(N1CC(=O)N2[C@@H](Cc3ccc4ccccc4c3)C(=O)N(CCc3cccc(Cl)c3)C[C@@H]21)C(C)(C)C. The van der Waals surface area contributed by atoms with Gasteiger partial charge in [0.05, 0.1) is 19.1 Å². The number of amides is 3. The van der Waals surface area contributed by atoms with Crippen LogP contribution in [0, 0.1) is 5.41 Å². The summed E-state index contributed by atoms with van der Waals surface area (Å²) in [5.41, 5.74) is -0.387. The Morgan fingerprint density at radius 3 is 2.42 bits per heavy atom. The molecule has 0 radical (unpaired) electrons. The van der Waals surface area contributed by atoms with Crippen LogP contribution in [0.25, 0.3) is 10.8 Å². The van der Waals surface area contributed by atoms with E-state index >= 15 is 0 Å². The number of aldehydes is 1. The number of halogens is 1. The maximum absolute atomic E-state index is 14.2. The van der Waals surface area contributed by atoms with Crippen molar-refractivity contribution in [1.29, 1.82) is 0 Å². The Bertz CT molecular complexity index is 1610. The van der Waals surface area contributed by atoms with Gasteiger partial charge in [-0.2, -0.15) is 0 Å². The molecule has 0 bridgehead atoms. The Kier molecular flexibility index (Phi) is 9.35. The highest BCUT2D eigenvalue weighted by Crippen LogP contribution is 2.39. The number of piperazine rings is 1. The molecule has 2 heterocycles. The lowest BCUT2D eigenvalue weighted by Crippen LogP contribution is -2.74. The average Bonchev–Trinajstić information content (AvgIpc) is 3.34. The minimum absolute atomic E-state index is 0.113. The number of benzene rings is 3. The van der Waals surface area contributed by atoms with Gasteiger partial charge in [-0.3, -0.25) is 19.2 Å². The van der Waals surface area contributed by atoms with E-state index < -0.39 is 29.3 Å². The Hall–Kier alpha value is -3.79. The lowest BCUT2D eigenvalue weighted by molar-refractivity contribution is -0.160. The lowest BCUT2D eigenvalue weighted by Gasteiger charge is -2.52. The Morgan fingerprint density at radius 2 is 1.76 bits per heavy atom. The molecule has 0 aromatic heterocycles. The van der Waals surface area contributed by atoms with Gasteiger partial charge >= 0.3 is 0 Å². The third kappa shape index (κ3) is 6.34. The molecule has 2 fully saturated rings. The number of nitrogens with zero attached hydrogens (tertiary/aromatic N) is 3. The minimum atomic E-state index is -1.52. The summed E-state index contributed by atoms with van der Waals surface area (Å²) < 4.78 is 0. The molecule has 45 heavy (non-hydrogen) atoms. The second-order valence-corrected chi connectivity index (χ2v) is 13.5. The van der Waals surface area contributed by atoms with E-state index in [0.717, 1.165) is 28.2 Å². The molecule has 2 N–H and O–H groups in total. The van der Waals surface area contributed by atoms with E-state index in [9.17, 15) is 19.2 Å². The van der Waals surface area contributed by atoms with Crippen molar-refractivity contribution in [3.63, 3.8) is 0 Å². The molecule has 4 atom stereocenters. The number of likely N-dealkylation sites (N-methyl/N-ethyl adjacent to an activating group) is 1. The fourth-order valence-corrected chi connectivity index (χ4v) is 6.73. The largest absolute Gasteiger partial charge is 0.337 e. The molecular formula is C35H42ClN5O4. The first kappa shape index (κ1) is 32.6. The van der Waals surface area contributed by atoms with E-state index in [1.54, 1.807) is 28.7 Å². The predicted molar refractivity (Wildman–Crippen MR) is 175 cm³/mol. The summed E-state index contributed by atoms with van der Waals surface area (Å²) in [5, 5.41) is 8.69. The van der Waals surface area contributed by atoms with Gasteiger partial charge in [-0.05, 0) is 54.4 Å². The molecule has 3 amide bonds. The number of nitrogens with one attached hydrogen (secondary N) is 2. The third-order valence-electron chi connectivity index (χ3n) is 9.30.